The van der Waals surface area contributed by atoms with Crippen LogP contribution in [0.15, 0.2) is 41.3 Å². The number of H-pyrrole nitrogens is 1. The number of anilines is 1. The maximum Gasteiger partial charge on any atom is 0.223 e. The number of methoxy groups -OCH3 is 1. The van der Waals surface area contributed by atoms with Crippen LogP contribution in [-0.4, -0.2) is 43.2 Å². The molecular formula is C17H20FN3O2. The first-order valence-electron chi connectivity index (χ1n) is 7.64. The molecule has 1 aliphatic heterocycles. The predicted octanol–water partition coefficient (Wildman–Crippen LogP) is 1.84. The minimum Gasteiger partial charge on any atom is -0.491 e. The number of piperazine rings is 1. The Hall–Kier alpha value is -2.34. The molecule has 23 heavy (non-hydrogen) atoms. The predicted molar refractivity (Wildman–Crippen MR) is 87.5 cm³/mol. The molecule has 0 aliphatic carbocycles. The maximum atomic E-state index is 13.0. The summed E-state index contributed by atoms with van der Waals surface area (Å²) >= 11 is 0. The summed E-state index contributed by atoms with van der Waals surface area (Å²) in [7, 11) is 1.49. The van der Waals surface area contributed by atoms with Crippen molar-refractivity contribution in [2.24, 2.45) is 0 Å². The third-order valence-electron chi connectivity index (χ3n) is 4.11. The third-order valence-corrected chi connectivity index (χ3v) is 4.11. The zero-order valence-corrected chi connectivity index (χ0v) is 13.1. The van der Waals surface area contributed by atoms with Crippen LogP contribution in [0.5, 0.6) is 5.75 Å². The fraction of sp³-hybridized carbons (Fsp3) is 0.353. The molecule has 1 aromatic carbocycles. The zero-order chi connectivity index (χ0) is 16.2. The topological polar surface area (TPSA) is 48.6 Å². The van der Waals surface area contributed by atoms with Crippen molar-refractivity contribution in [1.82, 2.24) is 9.88 Å². The van der Waals surface area contributed by atoms with Crippen LogP contribution in [0.3, 0.4) is 0 Å². The number of ether oxygens (including phenoxy) is 1. The molecule has 122 valence electrons. The first-order chi connectivity index (χ1) is 11.2. The quantitative estimate of drug-likeness (QED) is 0.935. The standard InChI is InChI=1S/C17H20FN3O2/c1-23-17-11-19-14(10-16(17)22)12-20-6-8-21(9-7-20)15-4-2-13(18)3-5-15/h2-5,10-11H,6-9,12H2,1H3,(H,19,22). The van der Waals surface area contributed by atoms with E-state index in [2.05, 4.69) is 14.8 Å². The molecule has 0 atom stereocenters. The van der Waals surface area contributed by atoms with Crippen molar-refractivity contribution in [3.63, 3.8) is 0 Å². The van der Waals surface area contributed by atoms with Gasteiger partial charge in [-0.25, -0.2) is 4.39 Å². The van der Waals surface area contributed by atoms with Gasteiger partial charge in [0.2, 0.25) is 5.43 Å². The Morgan fingerprint density at radius 3 is 2.48 bits per heavy atom. The molecular weight excluding hydrogens is 297 g/mol. The van der Waals surface area contributed by atoms with Gasteiger partial charge < -0.3 is 14.6 Å². The van der Waals surface area contributed by atoms with Gasteiger partial charge in [0.1, 0.15) is 5.82 Å². The highest BCUT2D eigenvalue weighted by Gasteiger charge is 2.17. The summed E-state index contributed by atoms with van der Waals surface area (Å²) in [6.45, 7) is 4.26. The summed E-state index contributed by atoms with van der Waals surface area (Å²) < 4.78 is 18.0. The van der Waals surface area contributed by atoms with Crippen LogP contribution in [0.4, 0.5) is 10.1 Å². The van der Waals surface area contributed by atoms with Crippen molar-refractivity contribution < 1.29 is 9.13 Å². The molecule has 2 aromatic rings. The molecule has 0 saturated carbocycles. The van der Waals surface area contributed by atoms with E-state index in [1.165, 1.54) is 19.2 Å². The number of nitrogens with one attached hydrogen (secondary N) is 1. The molecule has 0 unspecified atom stereocenters. The lowest BCUT2D eigenvalue weighted by Crippen LogP contribution is -2.46. The van der Waals surface area contributed by atoms with Crippen molar-refractivity contribution in [1.29, 1.82) is 0 Å². The smallest absolute Gasteiger partial charge is 0.223 e. The van der Waals surface area contributed by atoms with Gasteiger partial charge in [-0.2, -0.15) is 0 Å². The number of nitrogens with zero attached hydrogens (tertiary/aromatic N) is 2. The van der Waals surface area contributed by atoms with E-state index in [-0.39, 0.29) is 11.2 Å². The largest absolute Gasteiger partial charge is 0.491 e. The van der Waals surface area contributed by atoms with Gasteiger partial charge in [0.15, 0.2) is 5.75 Å². The monoisotopic (exact) mass is 317 g/mol. The van der Waals surface area contributed by atoms with Gasteiger partial charge in [-0.3, -0.25) is 9.69 Å². The van der Waals surface area contributed by atoms with Crippen molar-refractivity contribution in [2.75, 3.05) is 38.2 Å². The molecule has 1 fully saturated rings. The zero-order valence-electron chi connectivity index (χ0n) is 13.1. The maximum absolute atomic E-state index is 13.0. The van der Waals surface area contributed by atoms with Gasteiger partial charge in [0.05, 0.1) is 7.11 Å². The van der Waals surface area contributed by atoms with Crippen molar-refractivity contribution >= 4 is 5.69 Å². The van der Waals surface area contributed by atoms with Gasteiger partial charge in [0, 0.05) is 56.4 Å². The Morgan fingerprint density at radius 2 is 1.87 bits per heavy atom. The van der Waals surface area contributed by atoms with Crippen LogP contribution in [0.2, 0.25) is 0 Å². The van der Waals surface area contributed by atoms with Crippen LogP contribution in [0.25, 0.3) is 0 Å². The highest BCUT2D eigenvalue weighted by molar-refractivity contribution is 5.46. The fourth-order valence-electron chi connectivity index (χ4n) is 2.81. The average Bonchev–Trinajstić information content (AvgIpc) is 2.57. The summed E-state index contributed by atoms with van der Waals surface area (Å²) in [6, 6.07) is 8.19. The van der Waals surface area contributed by atoms with E-state index in [0.29, 0.717) is 12.3 Å². The molecule has 3 rings (SSSR count). The molecule has 0 bridgehead atoms. The first kappa shape index (κ1) is 15.6. The SMILES string of the molecule is COc1c[nH]c(CN2CCN(c3ccc(F)cc3)CC2)cc1=O. The van der Waals surface area contributed by atoms with Crippen LogP contribution >= 0.6 is 0 Å². The Labute approximate surface area is 134 Å². The molecule has 0 radical (unpaired) electrons. The van der Waals surface area contributed by atoms with Gasteiger partial charge in [-0.05, 0) is 24.3 Å². The lowest BCUT2D eigenvalue weighted by Gasteiger charge is -2.36. The van der Waals surface area contributed by atoms with E-state index in [4.69, 9.17) is 4.74 Å². The highest BCUT2D eigenvalue weighted by Crippen LogP contribution is 2.17. The minimum atomic E-state index is -0.212. The summed E-state index contributed by atoms with van der Waals surface area (Å²) in [6.07, 6.45) is 1.60. The van der Waals surface area contributed by atoms with Crippen molar-refractivity contribution in [2.45, 2.75) is 6.54 Å². The number of aromatic amines is 1. The number of halogens is 1. The van der Waals surface area contributed by atoms with E-state index in [1.807, 2.05) is 12.1 Å². The van der Waals surface area contributed by atoms with Gasteiger partial charge in [-0.15, -0.1) is 0 Å². The lowest BCUT2D eigenvalue weighted by molar-refractivity contribution is 0.247. The summed E-state index contributed by atoms with van der Waals surface area (Å²) in [4.78, 5) is 19.4. The van der Waals surface area contributed by atoms with E-state index in [0.717, 1.165) is 37.6 Å². The third kappa shape index (κ3) is 3.71. The van der Waals surface area contributed by atoms with E-state index in [1.54, 1.807) is 12.3 Å². The summed E-state index contributed by atoms with van der Waals surface area (Å²) in [5, 5.41) is 0. The average molecular weight is 317 g/mol. The number of pyridine rings is 1. The number of benzene rings is 1. The minimum absolute atomic E-state index is 0.105. The second-order valence-corrected chi connectivity index (χ2v) is 5.63. The van der Waals surface area contributed by atoms with E-state index >= 15 is 0 Å². The second kappa shape index (κ2) is 6.83. The molecule has 0 spiro atoms. The normalized spacial score (nSPS) is 15.7. The number of aromatic nitrogens is 1. The molecule has 5 nitrogen and oxygen atoms in total. The summed E-state index contributed by atoms with van der Waals surface area (Å²) in [5.41, 5.74) is 1.82. The van der Waals surface area contributed by atoms with Crippen LogP contribution in [-0.2, 0) is 6.54 Å². The van der Waals surface area contributed by atoms with Gasteiger partial charge in [-0.1, -0.05) is 0 Å². The molecule has 1 N–H and O–H groups in total. The molecule has 2 heterocycles. The van der Waals surface area contributed by atoms with E-state index < -0.39 is 0 Å². The molecule has 1 aliphatic rings. The van der Waals surface area contributed by atoms with Crippen LogP contribution in [0, 0.1) is 5.82 Å². The Kier molecular flexibility index (Phi) is 4.62. The number of hydrogen-bond donors (Lipinski definition) is 1. The Morgan fingerprint density at radius 1 is 1.17 bits per heavy atom. The van der Waals surface area contributed by atoms with E-state index in [9.17, 15) is 9.18 Å². The highest BCUT2D eigenvalue weighted by atomic mass is 19.1. The van der Waals surface area contributed by atoms with Crippen molar-refractivity contribution in [3.05, 3.63) is 58.3 Å². The second-order valence-electron chi connectivity index (χ2n) is 5.63. The van der Waals surface area contributed by atoms with Crippen LogP contribution < -0.4 is 15.1 Å². The van der Waals surface area contributed by atoms with Gasteiger partial charge >= 0.3 is 0 Å². The van der Waals surface area contributed by atoms with Crippen LogP contribution in [0.1, 0.15) is 5.69 Å². The number of rotatable bonds is 4. The Balaban J connectivity index is 1.58. The lowest BCUT2D eigenvalue weighted by atomic mass is 10.2. The fourth-order valence-corrected chi connectivity index (χ4v) is 2.81. The number of hydrogen-bond acceptors (Lipinski definition) is 4. The van der Waals surface area contributed by atoms with Gasteiger partial charge in [0.25, 0.3) is 0 Å². The molecule has 1 aromatic heterocycles. The van der Waals surface area contributed by atoms with Crippen molar-refractivity contribution in [3.8, 4) is 5.75 Å². The Bertz CT molecular complexity index is 707. The molecule has 0 amide bonds. The molecule has 1 saturated heterocycles. The molecule has 6 heteroatoms. The summed E-state index contributed by atoms with van der Waals surface area (Å²) in [5.74, 6) is 0.116. The first-order valence-corrected chi connectivity index (χ1v) is 7.64.